The predicted octanol–water partition coefficient (Wildman–Crippen LogP) is 27.2. The number of ether oxygens (including phenoxy) is 2. The van der Waals surface area contributed by atoms with Crippen LogP contribution in [0.4, 0.5) is 0 Å². The Hall–Kier alpha value is -7.31. The van der Waals surface area contributed by atoms with Gasteiger partial charge in [0.05, 0.1) is 21.3 Å². The molecule has 107 heavy (non-hydrogen) atoms. The lowest BCUT2D eigenvalue weighted by Gasteiger charge is -2.37. The number of methoxy groups -OCH3 is 2. The molecule has 2 atom stereocenters. The summed E-state index contributed by atoms with van der Waals surface area (Å²) < 4.78 is 31.9. The Morgan fingerprint density at radius 1 is 0.308 bits per heavy atom. The molecule has 4 nitrogen and oxygen atoms in total. The van der Waals surface area contributed by atoms with E-state index < -0.39 is 37.7 Å². The zero-order valence-corrected chi connectivity index (χ0v) is 75.2. The Balaban J connectivity index is 0.000000414. The summed E-state index contributed by atoms with van der Waals surface area (Å²) in [5.41, 5.74) is 14.2. The number of hydrogen-bond donors (Lipinski definition) is 0. The fourth-order valence-corrected chi connectivity index (χ4v) is 17.0. The number of hydrogen-bond acceptors (Lipinski definition) is 4. The summed E-state index contributed by atoms with van der Waals surface area (Å²) in [6, 6.07) is 94.0. The summed E-state index contributed by atoms with van der Waals surface area (Å²) in [5, 5.41) is 5.05. The molecule has 0 heterocycles. The monoisotopic (exact) mass is 1510 g/mol. The van der Waals surface area contributed by atoms with Crippen molar-refractivity contribution in [2.45, 2.75) is 240 Å². The van der Waals surface area contributed by atoms with Gasteiger partial charge in [-0.05, 0) is 159 Å². The highest BCUT2D eigenvalue weighted by atomic mass is 32.2. The maximum absolute atomic E-state index is 11.0. The topological polar surface area (TPSA) is 52.6 Å². The Labute approximate surface area is 661 Å². The van der Waals surface area contributed by atoms with E-state index in [4.69, 9.17) is 9.47 Å². The van der Waals surface area contributed by atoms with E-state index in [9.17, 15) is 8.42 Å². The van der Waals surface area contributed by atoms with Crippen molar-refractivity contribution < 1.29 is 17.9 Å². The van der Waals surface area contributed by atoms with Crippen molar-refractivity contribution in [3.05, 3.63) is 311 Å². The van der Waals surface area contributed by atoms with E-state index in [0.717, 1.165) is 15.5 Å². The van der Waals surface area contributed by atoms with Gasteiger partial charge in [0.1, 0.15) is 13.8 Å². The third-order valence-electron chi connectivity index (χ3n) is 20.0. The first kappa shape index (κ1) is 95.8. The highest BCUT2D eigenvalue weighted by Crippen LogP contribution is 2.36. The van der Waals surface area contributed by atoms with Gasteiger partial charge in [0.15, 0.2) is 0 Å². The van der Waals surface area contributed by atoms with E-state index in [1.807, 2.05) is 86.6 Å². The summed E-state index contributed by atoms with van der Waals surface area (Å²) in [6.07, 6.45) is 3.78. The third-order valence-corrected chi connectivity index (χ3v) is 32.8. The van der Waals surface area contributed by atoms with Gasteiger partial charge >= 0.3 is 0 Å². The van der Waals surface area contributed by atoms with Crippen LogP contribution < -0.4 is 20.3 Å². The minimum atomic E-state index is -1.58. The van der Waals surface area contributed by atoms with Crippen LogP contribution in [0.15, 0.2) is 277 Å². The molecule has 10 aromatic carbocycles. The van der Waals surface area contributed by atoms with Crippen LogP contribution in [-0.4, -0.2) is 57.4 Å². The van der Waals surface area contributed by atoms with Crippen LogP contribution in [0.3, 0.4) is 0 Å². The number of rotatable bonds is 16. The van der Waals surface area contributed by atoms with Crippen molar-refractivity contribution in [1.82, 2.24) is 0 Å². The lowest BCUT2D eigenvalue weighted by molar-refractivity contribution is 0.134. The van der Waals surface area contributed by atoms with Gasteiger partial charge in [-0.3, -0.25) is 8.42 Å². The van der Waals surface area contributed by atoms with E-state index >= 15 is 0 Å². The van der Waals surface area contributed by atoms with Crippen molar-refractivity contribution in [1.29, 1.82) is 0 Å². The zero-order chi connectivity index (χ0) is 80.6. The molecule has 0 aliphatic heterocycles. The normalized spacial score (nSPS) is 11.6. The molecule has 0 aliphatic carbocycles. The highest BCUT2D eigenvalue weighted by Gasteiger charge is 2.37. The van der Waals surface area contributed by atoms with E-state index in [1.54, 1.807) is 31.9 Å². The smallest absolute Gasteiger partial charge is 0.118 e. The Morgan fingerprint density at radius 2 is 0.551 bits per heavy atom. The van der Waals surface area contributed by atoms with Gasteiger partial charge in [0.25, 0.3) is 0 Å². The first-order chi connectivity index (χ1) is 50.3. The van der Waals surface area contributed by atoms with Gasteiger partial charge in [-0.2, -0.15) is 0 Å². The summed E-state index contributed by atoms with van der Waals surface area (Å²) in [5.74, 6) is 5.17. The molecule has 0 radical (unpaired) electrons. The maximum atomic E-state index is 11.0. The fourth-order valence-electron chi connectivity index (χ4n) is 10.7. The van der Waals surface area contributed by atoms with Gasteiger partial charge < -0.3 is 9.47 Å². The second kappa shape index (κ2) is 49.7. The average molecular weight is 1510 g/mol. The summed E-state index contributed by atoms with van der Waals surface area (Å²) in [7, 11) is -1.23. The molecule has 0 amide bonds. The Morgan fingerprint density at radius 3 is 0.804 bits per heavy atom. The van der Waals surface area contributed by atoms with Gasteiger partial charge in [-0.1, -0.05) is 403 Å². The molecule has 2 unspecified atom stereocenters. The van der Waals surface area contributed by atoms with Crippen molar-refractivity contribution in [2.75, 3.05) is 26.7 Å². The Kier molecular flexibility index (Phi) is 44.5. The average Bonchev–Trinajstić information content (AvgIpc) is 0.792. The SMILES string of the molecule is CC(C)[Si](C)(c1ccccc1)c1ccccc1.CC(C)c1ccc(-c2ccccc2)cc1.CC(C)c1ccc(S(C)=O)cc1.CC(C)c1ccc(S(C)=O)cc1.CC(C)c1ccc([Si](C)(C)C(C)(C)C)cc1.CC(C)c1ccccc1.COC(C)C.COc1ccc(C(C)C)cc1.Cc1ccc(C(C)C)cc1. The molecule has 0 saturated heterocycles. The molecule has 580 valence electrons. The van der Waals surface area contributed by atoms with E-state index in [1.165, 1.54) is 66.0 Å². The standard InChI is InChI=1S/C16H20Si.C15H26Si.C15H16.2C10H14OS.C10H14O.C10H14.C9H12.C4H10O/c1-14(2)17(3,15-10-6-4-7-11-15)16-12-8-5-9-13-16;1-12(2)13-8-10-14(11-9-13)16(6,7)15(3,4)5;1-12(2)13-8-10-15(11-9-13)14-6-4-3-5-7-14;2*1-8(2)9-4-6-10(7-5-9)12(3)11;1-8(2)9-4-6-10(11-3)7-5-9;1-8(2)10-6-4-9(3)5-7-10;1-8(2)9-6-4-3-5-7-9;1-4(2)5-3/h4-14H,1-3H3;8-12H,1-7H3;3-12H,1-2H3;2*4-8H,1-3H3;4-8H,1-3H3;4-8H,1-3H3;3-8H,1-2H3;4H,1-3H3. The lowest BCUT2D eigenvalue weighted by atomic mass is 9.99. The van der Waals surface area contributed by atoms with E-state index in [-0.39, 0.29) is 0 Å². The lowest BCUT2D eigenvalue weighted by Crippen LogP contribution is -2.57. The van der Waals surface area contributed by atoms with Gasteiger partial charge in [-0.25, -0.2) is 0 Å². The van der Waals surface area contributed by atoms with E-state index in [2.05, 4.69) is 352 Å². The minimum absolute atomic E-state index is 0.384. The largest absolute Gasteiger partial charge is 0.497 e. The van der Waals surface area contributed by atoms with Crippen molar-refractivity contribution in [2.24, 2.45) is 0 Å². The van der Waals surface area contributed by atoms with E-state index in [0.29, 0.717) is 58.1 Å². The molecular formula is C99H140O4S2Si2. The molecule has 0 aromatic heterocycles. The van der Waals surface area contributed by atoms with Crippen LogP contribution in [0.25, 0.3) is 11.1 Å². The van der Waals surface area contributed by atoms with Gasteiger partial charge in [-0.15, -0.1) is 0 Å². The molecule has 10 rings (SSSR count). The maximum Gasteiger partial charge on any atom is 0.118 e. The molecule has 0 bridgehead atoms. The molecule has 0 spiro atoms. The van der Waals surface area contributed by atoms with Crippen LogP contribution >= 0.6 is 0 Å². The second-order valence-electron chi connectivity index (χ2n) is 32.1. The van der Waals surface area contributed by atoms with Crippen LogP contribution in [0.5, 0.6) is 5.75 Å². The predicted molar refractivity (Wildman–Crippen MR) is 483 cm³/mol. The van der Waals surface area contributed by atoms with Crippen molar-refractivity contribution in [3.63, 3.8) is 0 Å². The second-order valence-corrected chi connectivity index (χ2v) is 44.9. The summed E-state index contributed by atoms with van der Waals surface area (Å²) >= 11 is 0. The fraction of sp³-hybridized carbons (Fsp3) is 0.394. The Bertz CT molecular complexity index is 3850. The first-order valence-electron chi connectivity index (χ1n) is 38.8. The summed E-state index contributed by atoms with van der Waals surface area (Å²) in [6.45, 7) is 56.1. The van der Waals surface area contributed by atoms with Crippen LogP contribution in [0, 0.1) is 6.92 Å². The molecular weight excluding hydrogens is 1370 g/mol. The molecule has 0 N–H and O–H groups in total. The van der Waals surface area contributed by atoms with Crippen molar-refractivity contribution in [3.8, 4) is 16.9 Å². The minimum Gasteiger partial charge on any atom is -0.497 e. The molecule has 8 heteroatoms. The van der Waals surface area contributed by atoms with Crippen LogP contribution in [0.1, 0.15) is 231 Å². The van der Waals surface area contributed by atoms with Crippen molar-refractivity contribution >= 4 is 53.3 Å². The van der Waals surface area contributed by atoms with Gasteiger partial charge in [0.2, 0.25) is 0 Å². The van der Waals surface area contributed by atoms with Crippen LogP contribution in [0.2, 0.25) is 30.2 Å². The third kappa shape index (κ3) is 35.3. The number of aryl methyl sites for hydroxylation is 1. The first-order valence-corrected chi connectivity index (χ1v) is 47.5. The zero-order valence-electron chi connectivity index (χ0n) is 71.5. The quantitative estimate of drug-likeness (QED) is 0.0905. The highest BCUT2D eigenvalue weighted by molar-refractivity contribution is 7.84. The molecule has 10 aromatic rings. The van der Waals surface area contributed by atoms with Gasteiger partial charge in [0, 0.05) is 51.0 Å². The van der Waals surface area contributed by atoms with Crippen LogP contribution in [-0.2, 0) is 26.3 Å². The molecule has 0 fully saturated rings. The number of benzene rings is 10. The molecule has 0 aliphatic rings. The molecule has 0 saturated carbocycles. The summed E-state index contributed by atoms with van der Waals surface area (Å²) in [4.78, 5) is 1.80.